The van der Waals surface area contributed by atoms with Crippen LogP contribution in [0.3, 0.4) is 0 Å². The highest BCUT2D eigenvalue weighted by atomic mass is 16.3. The van der Waals surface area contributed by atoms with E-state index in [4.69, 9.17) is 6.58 Å². The number of hydrogen-bond acceptors (Lipinski definition) is 1. The number of hydrogen-bond donors (Lipinski definition) is 1. The molecule has 0 fully saturated rings. The van der Waals surface area contributed by atoms with E-state index in [-0.39, 0.29) is 0 Å². The molecule has 0 aliphatic rings. The van der Waals surface area contributed by atoms with Crippen LogP contribution in [0.25, 0.3) is 0 Å². The fourth-order valence-electron chi connectivity index (χ4n) is 0.478. The molecule has 1 atom stereocenters. The molecule has 9 heavy (non-hydrogen) atoms. The van der Waals surface area contributed by atoms with Gasteiger partial charge in [0, 0.05) is 0 Å². The van der Waals surface area contributed by atoms with Crippen LogP contribution in [0, 0.1) is 6.58 Å². The third kappa shape index (κ3) is 3.98. The highest BCUT2D eigenvalue weighted by Crippen LogP contribution is 2.11. The summed E-state index contributed by atoms with van der Waals surface area (Å²) in [5, 5.41) is 9.23. The molecular weight excluding hydrogens is 112 g/mol. The van der Waals surface area contributed by atoms with Gasteiger partial charge in [-0.05, 0) is 19.8 Å². The summed E-state index contributed by atoms with van der Waals surface area (Å²) in [7, 11) is 0. The predicted octanol–water partition coefficient (Wildman–Crippen LogP) is 1.69. The lowest BCUT2D eigenvalue weighted by Gasteiger charge is -2.16. The van der Waals surface area contributed by atoms with Gasteiger partial charge in [-0.2, -0.15) is 0 Å². The van der Waals surface area contributed by atoms with E-state index < -0.39 is 5.60 Å². The summed E-state index contributed by atoms with van der Waals surface area (Å²) in [6.07, 6.45) is 4.50. The summed E-state index contributed by atoms with van der Waals surface area (Å²) in [6.45, 7) is 10.3. The third-order valence-electron chi connectivity index (χ3n) is 1.21. The molecule has 0 amide bonds. The molecule has 1 unspecified atom stereocenters. The Balaban J connectivity index is 3.57. The van der Waals surface area contributed by atoms with Gasteiger partial charge in [-0.1, -0.05) is 18.7 Å². The number of aliphatic hydroxyl groups is 1. The largest absolute Gasteiger partial charge is 0.386 e. The van der Waals surface area contributed by atoms with Crippen molar-refractivity contribution in [2.24, 2.45) is 0 Å². The Hall–Kier alpha value is -0.560. The van der Waals surface area contributed by atoms with E-state index >= 15 is 0 Å². The first kappa shape index (κ1) is 8.44. The Morgan fingerprint density at radius 3 is 2.67 bits per heavy atom. The second kappa shape index (κ2) is 3.46. The molecule has 0 spiro atoms. The van der Waals surface area contributed by atoms with Gasteiger partial charge in [-0.15, -0.1) is 6.58 Å². The van der Waals surface area contributed by atoms with Crippen LogP contribution in [-0.2, 0) is 0 Å². The summed E-state index contributed by atoms with van der Waals surface area (Å²) in [4.78, 5) is 0. The Labute approximate surface area is 56.7 Å². The number of rotatable bonds is 4. The number of allylic oxidation sites excluding steroid dienone is 1. The summed E-state index contributed by atoms with van der Waals surface area (Å²) in [6, 6.07) is 0. The molecule has 51 valence electrons. The van der Waals surface area contributed by atoms with Crippen LogP contribution >= 0.6 is 0 Å². The first-order chi connectivity index (χ1) is 4.12. The van der Waals surface area contributed by atoms with Crippen LogP contribution in [0.5, 0.6) is 0 Å². The van der Waals surface area contributed by atoms with Gasteiger partial charge in [-0.25, -0.2) is 0 Å². The van der Waals surface area contributed by atoms with E-state index in [1.54, 1.807) is 13.0 Å². The molecule has 0 aromatic heterocycles. The zero-order valence-electron chi connectivity index (χ0n) is 5.80. The van der Waals surface area contributed by atoms with E-state index in [0.29, 0.717) is 6.42 Å². The van der Waals surface area contributed by atoms with Gasteiger partial charge in [0.25, 0.3) is 0 Å². The van der Waals surface area contributed by atoms with Crippen LogP contribution in [0.4, 0.5) is 0 Å². The highest BCUT2D eigenvalue weighted by molar-refractivity contribution is 4.91. The maximum absolute atomic E-state index is 9.23. The Morgan fingerprint density at radius 2 is 2.33 bits per heavy atom. The van der Waals surface area contributed by atoms with Crippen molar-refractivity contribution >= 4 is 0 Å². The predicted molar refractivity (Wildman–Crippen MR) is 38.9 cm³/mol. The monoisotopic (exact) mass is 125 g/mol. The average molecular weight is 125 g/mol. The molecule has 0 aliphatic carbocycles. The molecule has 1 N–H and O–H groups in total. The van der Waals surface area contributed by atoms with Crippen molar-refractivity contribution in [2.75, 3.05) is 0 Å². The minimum absolute atomic E-state index is 0.646. The zero-order valence-corrected chi connectivity index (χ0v) is 5.80. The molecule has 0 aliphatic heterocycles. The van der Waals surface area contributed by atoms with Crippen molar-refractivity contribution in [1.29, 1.82) is 0 Å². The minimum Gasteiger partial charge on any atom is -0.386 e. The fraction of sp³-hybridized carbons (Fsp3) is 0.500. The summed E-state index contributed by atoms with van der Waals surface area (Å²) in [5.74, 6) is 0. The smallest absolute Gasteiger partial charge is 0.0805 e. The van der Waals surface area contributed by atoms with Crippen LogP contribution in [-0.4, -0.2) is 10.7 Å². The van der Waals surface area contributed by atoms with Crippen LogP contribution in [0.2, 0.25) is 0 Å². The molecule has 0 aromatic rings. The quantitative estimate of drug-likeness (QED) is 0.567. The van der Waals surface area contributed by atoms with Crippen molar-refractivity contribution in [1.82, 2.24) is 0 Å². The fourth-order valence-corrected chi connectivity index (χ4v) is 0.478. The molecule has 1 radical (unpaired) electrons. The molecule has 0 aromatic carbocycles. The normalized spacial score (nSPS) is 16.2. The Morgan fingerprint density at radius 1 is 1.78 bits per heavy atom. The molecule has 1 heteroatoms. The molecule has 1 nitrogen and oxygen atoms in total. The van der Waals surface area contributed by atoms with Gasteiger partial charge < -0.3 is 5.11 Å². The van der Waals surface area contributed by atoms with Gasteiger partial charge in [-0.3, -0.25) is 0 Å². The van der Waals surface area contributed by atoms with E-state index in [1.165, 1.54) is 6.08 Å². The molecule has 0 heterocycles. The Kier molecular flexibility index (Phi) is 3.25. The van der Waals surface area contributed by atoms with Crippen molar-refractivity contribution in [3.8, 4) is 0 Å². The lowest BCUT2D eigenvalue weighted by atomic mass is 10.0. The van der Waals surface area contributed by atoms with E-state index in [1.807, 2.05) is 0 Å². The van der Waals surface area contributed by atoms with Crippen molar-refractivity contribution in [3.63, 3.8) is 0 Å². The van der Waals surface area contributed by atoms with Crippen molar-refractivity contribution < 1.29 is 5.11 Å². The molecule has 0 bridgehead atoms. The van der Waals surface area contributed by atoms with E-state index in [9.17, 15) is 5.11 Å². The maximum Gasteiger partial charge on any atom is 0.0805 e. The average Bonchev–Trinajstić information content (AvgIpc) is 1.84. The highest BCUT2D eigenvalue weighted by Gasteiger charge is 2.12. The zero-order chi connectivity index (χ0) is 7.33. The topological polar surface area (TPSA) is 20.2 Å². The van der Waals surface area contributed by atoms with Crippen LogP contribution in [0.15, 0.2) is 18.7 Å². The summed E-state index contributed by atoms with van der Waals surface area (Å²) < 4.78 is 0. The van der Waals surface area contributed by atoms with Gasteiger partial charge in [0.15, 0.2) is 0 Å². The van der Waals surface area contributed by atoms with Crippen molar-refractivity contribution in [2.45, 2.75) is 25.4 Å². The van der Waals surface area contributed by atoms with E-state index in [0.717, 1.165) is 6.42 Å². The molecular formula is C8H13O. The second-order valence-electron chi connectivity index (χ2n) is 2.35. The van der Waals surface area contributed by atoms with Gasteiger partial charge in [0.2, 0.25) is 0 Å². The standard InChI is InChI=1S/C8H13O/c1-4-6-7-8(3,9)5-2/h2,4-5,9H,1,6-7H2,3H3. The summed E-state index contributed by atoms with van der Waals surface area (Å²) in [5.41, 5.74) is -0.825. The SMILES string of the molecule is [CH]=CC(C)(O)CCC=C. The van der Waals surface area contributed by atoms with Crippen LogP contribution in [0.1, 0.15) is 19.8 Å². The van der Waals surface area contributed by atoms with E-state index in [2.05, 4.69) is 6.58 Å². The maximum atomic E-state index is 9.23. The molecule has 0 saturated carbocycles. The lowest BCUT2D eigenvalue weighted by Crippen LogP contribution is -2.19. The van der Waals surface area contributed by atoms with Gasteiger partial charge in [0.1, 0.15) is 0 Å². The van der Waals surface area contributed by atoms with Crippen LogP contribution < -0.4 is 0 Å². The molecule has 0 saturated heterocycles. The summed E-state index contributed by atoms with van der Waals surface area (Å²) >= 11 is 0. The lowest BCUT2D eigenvalue weighted by molar-refractivity contribution is 0.103. The second-order valence-corrected chi connectivity index (χ2v) is 2.35. The first-order valence-electron chi connectivity index (χ1n) is 3.02. The van der Waals surface area contributed by atoms with Gasteiger partial charge in [0.05, 0.1) is 5.60 Å². The Bertz CT molecular complexity index is 103. The van der Waals surface area contributed by atoms with Gasteiger partial charge >= 0.3 is 0 Å². The van der Waals surface area contributed by atoms with Crippen molar-refractivity contribution in [3.05, 3.63) is 25.3 Å². The minimum atomic E-state index is -0.825. The third-order valence-corrected chi connectivity index (χ3v) is 1.21. The first-order valence-corrected chi connectivity index (χ1v) is 3.02. The molecule has 0 rings (SSSR count).